The first-order chi connectivity index (χ1) is 32.5. The van der Waals surface area contributed by atoms with Gasteiger partial charge in [0.25, 0.3) is 0 Å². The van der Waals surface area contributed by atoms with Gasteiger partial charge in [0, 0.05) is 27.7 Å². The smallest absolute Gasteiger partial charge is 0.0624 e. The summed E-state index contributed by atoms with van der Waals surface area (Å²) in [4.78, 5) is 2.56. The molecule has 1 aliphatic rings. The molecule has 0 atom stereocenters. The molecule has 0 saturated heterocycles. The summed E-state index contributed by atoms with van der Waals surface area (Å²) in [5.41, 5.74) is 15.7. The Morgan fingerprint density at radius 2 is 0.818 bits per heavy atom. The minimum Gasteiger partial charge on any atom is -0.309 e. The molecular weight excluding hydrogens is 795 g/mol. The van der Waals surface area contributed by atoms with Crippen molar-refractivity contribution < 1.29 is 0 Å². The molecule has 0 saturated carbocycles. The monoisotopic (exact) mass is 839 g/mol. The van der Waals surface area contributed by atoms with Crippen LogP contribution in [0.4, 0.5) is 17.1 Å². The van der Waals surface area contributed by atoms with Gasteiger partial charge in [0.1, 0.15) is 0 Å². The summed E-state index contributed by atoms with van der Waals surface area (Å²) in [6, 6.07) is 88.1. The number of hydrogen-bond acceptors (Lipinski definition) is 1. The molecule has 1 nitrogen and oxygen atoms in total. The van der Waals surface area contributed by atoms with E-state index in [1.165, 1.54) is 109 Å². The fourth-order valence-electron chi connectivity index (χ4n) is 11.2. The first-order valence-corrected chi connectivity index (χ1v) is 23.1. The molecule has 1 aliphatic carbocycles. The Kier molecular flexibility index (Phi) is 8.63. The van der Waals surface area contributed by atoms with Crippen molar-refractivity contribution in [3.63, 3.8) is 0 Å². The largest absolute Gasteiger partial charge is 0.309 e. The van der Waals surface area contributed by atoms with Gasteiger partial charge in [0.05, 0.1) is 5.69 Å². The predicted molar refractivity (Wildman–Crippen MR) is 283 cm³/mol. The molecule has 310 valence electrons. The molecule has 13 rings (SSSR count). The van der Waals surface area contributed by atoms with Crippen LogP contribution in [0.25, 0.3) is 98.4 Å². The van der Waals surface area contributed by atoms with Crippen LogP contribution in [-0.4, -0.2) is 0 Å². The van der Waals surface area contributed by atoms with Gasteiger partial charge in [-0.25, -0.2) is 0 Å². The van der Waals surface area contributed by atoms with Crippen molar-refractivity contribution in [1.82, 2.24) is 0 Å². The fourth-order valence-corrected chi connectivity index (χ4v) is 11.2. The second-order valence-corrected chi connectivity index (χ2v) is 18.4. The lowest BCUT2D eigenvalue weighted by Gasteiger charge is -2.32. The van der Waals surface area contributed by atoms with E-state index in [0.717, 1.165) is 17.1 Å². The van der Waals surface area contributed by atoms with Crippen LogP contribution in [0.1, 0.15) is 25.0 Å². The molecular formula is C65H45N. The highest BCUT2D eigenvalue weighted by Gasteiger charge is 2.36. The number of fused-ring (bicyclic) bond motifs is 11. The lowest BCUT2D eigenvalue weighted by molar-refractivity contribution is 0.660. The topological polar surface area (TPSA) is 3.24 Å². The lowest BCUT2D eigenvalue weighted by atomic mass is 9.82. The third kappa shape index (κ3) is 5.94. The van der Waals surface area contributed by atoms with Gasteiger partial charge in [-0.2, -0.15) is 0 Å². The third-order valence-electron chi connectivity index (χ3n) is 14.4. The predicted octanol–water partition coefficient (Wildman–Crippen LogP) is 18.2. The molecule has 66 heavy (non-hydrogen) atoms. The SMILES string of the molecule is CC1(C)c2ccccc2-c2ccc(N(c3ccc(-c4ccc5ccccc5c4)cc3)c3c(-c4cccc(-c5cccc6ccccc56)c4)ccc4c5ccccc5c5ccccc5c34)cc21. The van der Waals surface area contributed by atoms with Gasteiger partial charge in [-0.15, -0.1) is 0 Å². The number of hydrogen-bond donors (Lipinski definition) is 0. The first-order valence-electron chi connectivity index (χ1n) is 23.1. The Balaban J connectivity index is 1.12. The highest BCUT2D eigenvalue weighted by Crippen LogP contribution is 2.54. The van der Waals surface area contributed by atoms with Crippen molar-refractivity contribution in [1.29, 1.82) is 0 Å². The van der Waals surface area contributed by atoms with E-state index in [1.54, 1.807) is 0 Å². The van der Waals surface area contributed by atoms with Gasteiger partial charge in [-0.05, 0) is 135 Å². The van der Waals surface area contributed by atoms with Crippen molar-refractivity contribution in [3.8, 4) is 44.5 Å². The quantitative estimate of drug-likeness (QED) is 0.151. The fraction of sp³-hybridized carbons (Fsp3) is 0.0462. The van der Waals surface area contributed by atoms with E-state index in [-0.39, 0.29) is 5.41 Å². The van der Waals surface area contributed by atoms with Crippen molar-refractivity contribution in [3.05, 3.63) is 248 Å². The van der Waals surface area contributed by atoms with Crippen molar-refractivity contribution in [2.24, 2.45) is 0 Å². The van der Waals surface area contributed by atoms with Crippen LogP contribution in [0, 0.1) is 0 Å². The van der Waals surface area contributed by atoms with E-state index in [0.29, 0.717) is 0 Å². The summed E-state index contributed by atoms with van der Waals surface area (Å²) in [7, 11) is 0. The highest BCUT2D eigenvalue weighted by atomic mass is 15.1. The van der Waals surface area contributed by atoms with Gasteiger partial charge >= 0.3 is 0 Å². The molecule has 0 aliphatic heterocycles. The number of nitrogens with zero attached hydrogens (tertiary/aromatic N) is 1. The summed E-state index contributed by atoms with van der Waals surface area (Å²) in [5.74, 6) is 0. The average molecular weight is 840 g/mol. The van der Waals surface area contributed by atoms with Gasteiger partial charge < -0.3 is 4.90 Å². The molecule has 0 bridgehead atoms. The second kappa shape index (κ2) is 14.9. The summed E-state index contributed by atoms with van der Waals surface area (Å²) in [6.45, 7) is 4.76. The van der Waals surface area contributed by atoms with E-state index in [4.69, 9.17) is 0 Å². The molecule has 0 unspecified atom stereocenters. The first kappa shape index (κ1) is 38.2. The Morgan fingerprint density at radius 1 is 0.288 bits per heavy atom. The second-order valence-electron chi connectivity index (χ2n) is 18.4. The summed E-state index contributed by atoms with van der Waals surface area (Å²) in [5, 5.41) is 12.5. The highest BCUT2D eigenvalue weighted by molar-refractivity contribution is 6.30. The Labute approximate surface area is 385 Å². The zero-order chi connectivity index (χ0) is 43.9. The summed E-state index contributed by atoms with van der Waals surface area (Å²) in [6.07, 6.45) is 0. The standard InChI is InChI=1S/C65H45N/c1-65(2)61-28-12-11-25-57(61)58-36-35-50(41-62(58)65)66(49-33-31-43(32-34-49)46-30-29-42-15-3-4-17-45(42)39-46)64-53(48-20-13-19-47(40-48)52-27-14-18-44-16-5-6-21-51(44)52)37-38-60-56-24-8-7-22-54(56)55-23-9-10-26-59(55)63(60)64/h3-41H,1-2H3. The van der Waals surface area contributed by atoms with Crippen LogP contribution >= 0.6 is 0 Å². The molecule has 0 heterocycles. The number of benzene rings is 12. The van der Waals surface area contributed by atoms with E-state index in [1.807, 2.05) is 0 Å². The molecule has 0 N–H and O–H groups in total. The average Bonchev–Trinajstić information content (AvgIpc) is 3.61. The third-order valence-corrected chi connectivity index (χ3v) is 14.4. The lowest BCUT2D eigenvalue weighted by Crippen LogP contribution is -2.17. The molecule has 12 aromatic carbocycles. The van der Waals surface area contributed by atoms with Crippen LogP contribution in [0.2, 0.25) is 0 Å². The molecule has 0 aromatic heterocycles. The van der Waals surface area contributed by atoms with E-state index >= 15 is 0 Å². The molecule has 12 aromatic rings. The molecule has 0 radical (unpaired) electrons. The minimum atomic E-state index is -0.176. The van der Waals surface area contributed by atoms with Crippen LogP contribution in [0.5, 0.6) is 0 Å². The number of rotatable bonds is 6. The van der Waals surface area contributed by atoms with E-state index < -0.39 is 0 Å². The maximum Gasteiger partial charge on any atom is 0.0624 e. The van der Waals surface area contributed by atoms with Gasteiger partial charge in [0.15, 0.2) is 0 Å². The van der Waals surface area contributed by atoms with Crippen LogP contribution in [-0.2, 0) is 5.41 Å². The zero-order valence-electron chi connectivity index (χ0n) is 37.0. The van der Waals surface area contributed by atoms with Crippen LogP contribution in [0.3, 0.4) is 0 Å². The Morgan fingerprint density at radius 3 is 1.61 bits per heavy atom. The number of anilines is 3. The normalized spacial score (nSPS) is 12.8. The molecule has 1 heteroatoms. The zero-order valence-corrected chi connectivity index (χ0v) is 37.0. The van der Waals surface area contributed by atoms with Gasteiger partial charge in [0.2, 0.25) is 0 Å². The maximum absolute atomic E-state index is 2.56. The van der Waals surface area contributed by atoms with E-state index in [2.05, 4.69) is 255 Å². The minimum absolute atomic E-state index is 0.176. The summed E-state index contributed by atoms with van der Waals surface area (Å²) < 4.78 is 0. The molecule has 0 spiro atoms. The van der Waals surface area contributed by atoms with Gasteiger partial charge in [-0.1, -0.05) is 214 Å². The molecule has 0 amide bonds. The van der Waals surface area contributed by atoms with Crippen LogP contribution in [0.15, 0.2) is 237 Å². The Hall–Kier alpha value is -8.26. The van der Waals surface area contributed by atoms with E-state index in [9.17, 15) is 0 Å². The Bertz CT molecular complexity index is 3870. The van der Waals surface area contributed by atoms with Gasteiger partial charge in [-0.3, -0.25) is 0 Å². The summed E-state index contributed by atoms with van der Waals surface area (Å²) >= 11 is 0. The van der Waals surface area contributed by atoms with Crippen LogP contribution < -0.4 is 4.90 Å². The maximum atomic E-state index is 2.56. The van der Waals surface area contributed by atoms with Crippen molar-refractivity contribution >= 4 is 70.9 Å². The molecule has 0 fully saturated rings. The van der Waals surface area contributed by atoms with Crippen molar-refractivity contribution in [2.75, 3.05) is 4.90 Å². The van der Waals surface area contributed by atoms with Crippen molar-refractivity contribution in [2.45, 2.75) is 19.3 Å².